The zero-order chi connectivity index (χ0) is 13.1. The van der Waals surface area contributed by atoms with E-state index in [0.717, 1.165) is 17.9 Å². The van der Waals surface area contributed by atoms with Crippen LogP contribution in [0.2, 0.25) is 0 Å². The van der Waals surface area contributed by atoms with Gasteiger partial charge in [0.15, 0.2) is 4.96 Å². The standard InChI is InChI=1S/C14H22N4S/c1-12(10-17-7-2-3-8-17)15-5-4-13-11-19-14-16-6-9-18(13)14/h6,9,11-12,15H,2-5,7-8,10H2,1H3. The fourth-order valence-electron chi connectivity index (χ4n) is 2.82. The molecule has 1 N–H and O–H groups in total. The van der Waals surface area contributed by atoms with Gasteiger partial charge in [0, 0.05) is 49.0 Å². The van der Waals surface area contributed by atoms with Crippen LogP contribution in [0.1, 0.15) is 25.5 Å². The third-order valence-electron chi connectivity index (χ3n) is 3.82. The van der Waals surface area contributed by atoms with Crippen molar-refractivity contribution >= 4 is 16.3 Å². The molecule has 1 aliphatic rings. The molecule has 1 fully saturated rings. The lowest BCUT2D eigenvalue weighted by molar-refractivity contribution is 0.299. The van der Waals surface area contributed by atoms with Crippen molar-refractivity contribution in [1.29, 1.82) is 0 Å². The summed E-state index contributed by atoms with van der Waals surface area (Å²) in [6.07, 6.45) is 7.74. The normalized spacial score (nSPS) is 18.4. The number of rotatable bonds is 6. The maximum absolute atomic E-state index is 4.31. The highest BCUT2D eigenvalue weighted by atomic mass is 32.1. The summed E-state index contributed by atoms with van der Waals surface area (Å²) < 4.78 is 2.19. The molecule has 104 valence electrons. The number of hydrogen-bond acceptors (Lipinski definition) is 4. The van der Waals surface area contributed by atoms with Crippen LogP contribution < -0.4 is 5.32 Å². The highest BCUT2D eigenvalue weighted by molar-refractivity contribution is 7.15. The summed E-state index contributed by atoms with van der Waals surface area (Å²) in [5.41, 5.74) is 1.36. The largest absolute Gasteiger partial charge is 0.313 e. The minimum atomic E-state index is 0.579. The molecule has 2 aromatic rings. The Balaban J connectivity index is 1.43. The molecule has 0 aliphatic carbocycles. The SMILES string of the molecule is CC(CN1CCCC1)NCCc1csc2nccn12. The summed E-state index contributed by atoms with van der Waals surface area (Å²) in [4.78, 5) is 7.97. The van der Waals surface area contributed by atoms with Crippen LogP contribution in [0.3, 0.4) is 0 Å². The van der Waals surface area contributed by atoms with Gasteiger partial charge in [-0.2, -0.15) is 0 Å². The zero-order valence-corrected chi connectivity index (χ0v) is 12.3. The Bertz CT molecular complexity index is 512. The molecule has 0 amide bonds. The van der Waals surface area contributed by atoms with Crippen molar-refractivity contribution in [2.45, 2.75) is 32.2 Å². The first kappa shape index (κ1) is 13.1. The van der Waals surface area contributed by atoms with Gasteiger partial charge in [-0.1, -0.05) is 0 Å². The van der Waals surface area contributed by atoms with Crippen molar-refractivity contribution < 1.29 is 0 Å². The third kappa shape index (κ3) is 3.16. The molecule has 1 aliphatic heterocycles. The number of aromatic nitrogens is 2. The molecule has 1 saturated heterocycles. The highest BCUT2D eigenvalue weighted by Crippen LogP contribution is 2.14. The number of fused-ring (bicyclic) bond motifs is 1. The number of thiazole rings is 1. The molecule has 3 rings (SSSR count). The van der Waals surface area contributed by atoms with E-state index in [0.29, 0.717) is 6.04 Å². The van der Waals surface area contributed by atoms with Gasteiger partial charge in [-0.15, -0.1) is 11.3 Å². The van der Waals surface area contributed by atoms with Gasteiger partial charge in [-0.05, 0) is 32.9 Å². The van der Waals surface area contributed by atoms with Gasteiger partial charge < -0.3 is 10.2 Å². The Morgan fingerprint density at radius 1 is 1.42 bits per heavy atom. The van der Waals surface area contributed by atoms with Crippen molar-refractivity contribution in [2.24, 2.45) is 0 Å². The van der Waals surface area contributed by atoms with Crippen LogP contribution in [-0.2, 0) is 6.42 Å². The van der Waals surface area contributed by atoms with E-state index in [-0.39, 0.29) is 0 Å². The first-order valence-corrected chi connectivity index (χ1v) is 8.06. The molecule has 3 heterocycles. The van der Waals surface area contributed by atoms with Crippen LogP contribution in [0, 0.1) is 0 Å². The molecule has 2 aromatic heterocycles. The van der Waals surface area contributed by atoms with Crippen LogP contribution in [0.5, 0.6) is 0 Å². The predicted molar refractivity (Wildman–Crippen MR) is 79.9 cm³/mol. The Hall–Kier alpha value is -0.910. The molecule has 4 nitrogen and oxygen atoms in total. The lowest BCUT2D eigenvalue weighted by atomic mass is 10.2. The monoisotopic (exact) mass is 278 g/mol. The van der Waals surface area contributed by atoms with E-state index in [1.54, 1.807) is 11.3 Å². The molecule has 19 heavy (non-hydrogen) atoms. The molecule has 5 heteroatoms. The second-order valence-electron chi connectivity index (χ2n) is 5.42. The van der Waals surface area contributed by atoms with E-state index in [1.807, 2.05) is 6.20 Å². The second kappa shape index (κ2) is 6.03. The summed E-state index contributed by atoms with van der Waals surface area (Å²) >= 11 is 1.72. The van der Waals surface area contributed by atoms with E-state index < -0.39 is 0 Å². The van der Waals surface area contributed by atoms with Gasteiger partial charge >= 0.3 is 0 Å². The number of nitrogens with one attached hydrogen (secondary N) is 1. The van der Waals surface area contributed by atoms with Gasteiger partial charge in [0.2, 0.25) is 0 Å². The maximum atomic E-state index is 4.31. The van der Waals surface area contributed by atoms with Crippen LogP contribution in [0.4, 0.5) is 0 Å². The quantitative estimate of drug-likeness (QED) is 0.877. The molecule has 1 atom stereocenters. The summed E-state index contributed by atoms with van der Waals surface area (Å²) in [6.45, 7) is 7.08. The number of imidazole rings is 1. The number of likely N-dealkylation sites (tertiary alicyclic amines) is 1. The fourth-order valence-corrected chi connectivity index (χ4v) is 3.70. The molecule has 0 aromatic carbocycles. The molecule has 1 unspecified atom stereocenters. The number of nitrogens with zero attached hydrogens (tertiary/aromatic N) is 3. The smallest absolute Gasteiger partial charge is 0.193 e. The lowest BCUT2D eigenvalue weighted by Gasteiger charge is -2.21. The molecular weight excluding hydrogens is 256 g/mol. The first-order valence-electron chi connectivity index (χ1n) is 7.18. The molecule has 0 bridgehead atoms. The van der Waals surface area contributed by atoms with Crippen LogP contribution >= 0.6 is 11.3 Å². The van der Waals surface area contributed by atoms with E-state index in [4.69, 9.17) is 0 Å². The van der Waals surface area contributed by atoms with Crippen molar-refractivity contribution in [1.82, 2.24) is 19.6 Å². The molecule has 0 radical (unpaired) electrons. The van der Waals surface area contributed by atoms with Crippen molar-refractivity contribution in [3.8, 4) is 0 Å². The fraction of sp³-hybridized carbons (Fsp3) is 0.643. The third-order valence-corrected chi connectivity index (χ3v) is 4.72. The van der Waals surface area contributed by atoms with Crippen LogP contribution in [0.15, 0.2) is 17.8 Å². The van der Waals surface area contributed by atoms with E-state index >= 15 is 0 Å². The van der Waals surface area contributed by atoms with Crippen LogP contribution in [0.25, 0.3) is 4.96 Å². The van der Waals surface area contributed by atoms with E-state index in [9.17, 15) is 0 Å². The van der Waals surface area contributed by atoms with E-state index in [2.05, 4.69) is 38.1 Å². The minimum absolute atomic E-state index is 0.579. The Kier molecular flexibility index (Phi) is 4.15. The van der Waals surface area contributed by atoms with Crippen molar-refractivity contribution in [2.75, 3.05) is 26.2 Å². The maximum Gasteiger partial charge on any atom is 0.193 e. The first-order chi connectivity index (χ1) is 9.33. The summed E-state index contributed by atoms with van der Waals surface area (Å²) in [6, 6.07) is 0.579. The van der Waals surface area contributed by atoms with Gasteiger partial charge in [-0.25, -0.2) is 4.98 Å². The summed E-state index contributed by atoms with van der Waals surface area (Å²) in [7, 11) is 0. The Morgan fingerprint density at radius 3 is 3.11 bits per heavy atom. The number of hydrogen-bond donors (Lipinski definition) is 1. The van der Waals surface area contributed by atoms with Gasteiger partial charge in [0.05, 0.1) is 0 Å². The van der Waals surface area contributed by atoms with E-state index in [1.165, 1.54) is 38.2 Å². The minimum Gasteiger partial charge on any atom is -0.313 e. The average molecular weight is 278 g/mol. The molecular formula is C14H22N4S. The van der Waals surface area contributed by atoms with Gasteiger partial charge in [0.25, 0.3) is 0 Å². The Morgan fingerprint density at radius 2 is 2.26 bits per heavy atom. The second-order valence-corrected chi connectivity index (χ2v) is 6.26. The zero-order valence-electron chi connectivity index (χ0n) is 11.5. The lowest BCUT2D eigenvalue weighted by Crippen LogP contribution is -2.38. The Labute approximate surface area is 118 Å². The molecule has 0 spiro atoms. The summed E-state index contributed by atoms with van der Waals surface area (Å²) in [5, 5.41) is 5.85. The topological polar surface area (TPSA) is 32.6 Å². The van der Waals surface area contributed by atoms with Crippen molar-refractivity contribution in [3.05, 3.63) is 23.5 Å². The highest BCUT2D eigenvalue weighted by Gasteiger charge is 2.14. The summed E-state index contributed by atoms with van der Waals surface area (Å²) in [5.74, 6) is 0. The van der Waals surface area contributed by atoms with Gasteiger partial charge in [0.1, 0.15) is 0 Å². The van der Waals surface area contributed by atoms with Crippen LogP contribution in [-0.4, -0.2) is 46.5 Å². The van der Waals surface area contributed by atoms with Crippen molar-refractivity contribution in [3.63, 3.8) is 0 Å². The predicted octanol–water partition coefficient (Wildman–Crippen LogP) is 2.01. The average Bonchev–Trinajstić information content (AvgIpc) is 3.07. The van der Waals surface area contributed by atoms with Gasteiger partial charge in [-0.3, -0.25) is 4.40 Å². The molecule has 0 saturated carbocycles.